The highest BCUT2D eigenvalue weighted by Crippen LogP contribution is 2.46. The van der Waals surface area contributed by atoms with Crippen molar-refractivity contribution >= 4 is 17.7 Å². The van der Waals surface area contributed by atoms with Crippen LogP contribution in [0.1, 0.15) is 63.2 Å². The highest BCUT2D eigenvalue weighted by Gasteiger charge is 2.36. The highest BCUT2D eigenvalue weighted by molar-refractivity contribution is 7.99. The van der Waals surface area contributed by atoms with Gasteiger partial charge in [0.1, 0.15) is 5.82 Å². The number of thioether (sulfide) groups is 1. The van der Waals surface area contributed by atoms with Crippen molar-refractivity contribution in [2.24, 2.45) is 0 Å². The second kappa shape index (κ2) is 6.16. The molecule has 0 N–H and O–H groups in total. The molecule has 3 rings (SSSR count). The third kappa shape index (κ3) is 3.34. The molecule has 0 aliphatic heterocycles. The smallest absolute Gasteiger partial charge is 0.305 e. The fraction of sp³-hybridized carbons (Fsp3) is 0.786. The molecule has 2 aliphatic carbocycles. The quantitative estimate of drug-likeness (QED) is 0.419. The SMILES string of the molecule is CCOC(=O)CCCSc1nnc(C2CC2)n1C1CC1. The molecule has 0 saturated heterocycles. The molecule has 2 fully saturated rings. The maximum Gasteiger partial charge on any atom is 0.305 e. The molecule has 1 aromatic heterocycles. The minimum absolute atomic E-state index is 0.101. The number of carbonyl (C=O) groups is 1. The molecule has 0 spiro atoms. The number of hydrogen-bond acceptors (Lipinski definition) is 5. The van der Waals surface area contributed by atoms with Crippen LogP contribution in [0.5, 0.6) is 0 Å². The summed E-state index contributed by atoms with van der Waals surface area (Å²) in [6.07, 6.45) is 6.37. The Morgan fingerprint density at radius 3 is 2.80 bits per heavy atom. The molecule has 0 aromatic carbocycles. The van der Waals surface area contributed by atoms with Crippen molar-refractivity contribution in [1.82, 2.24) is 14.8 Å². The Balaban J connectivity index is 1.51. The van der Waals surface area contributed by atoms with E-state index in [9.17, 15) is 4.79 Å². The molecule has 20 heavy (non-hydrogen) atoms. The molecule has 110 valence electrons. The molecule has 6 heteroatoms. The van der Waals surface area contributed by atoms with Gasteiger partial charge in [-0.25, -0.2) is 0 Å². The zero-order valence-electron chi connectivity index (χ0n) is 11.9. The highest BCUT2D eigenvalue weighted by atomic mass is 32.2. The van der Waals surface area contributed by atoms with Gasteiger partial charge in [-0.15, -0.1) is 10.2 Å². The Bertz CT molecular complexity index is 481. The second-order valence-corrected chi connectivity index (χ2v) is 6.54. The lowest BCUT2D eigenvalue weighted by Crippen LogP contribution is -2.04. The fourth-order valence-electron chi connectivity index (χ4n) is 2.30. The summed E-state index contributed by atoms with van der Waals surface area (Å²) < 4.78 is 7.28. The number of aromatic nitrogens is 3. The Hall–Kier alpha value is -1.04. The molecule has 5 nitrogen and oxygen atoms in total. The van der Waals surface area contributed by atoms with E-state index in [1.807, 2.05) is 6.92 Å². The third-order valence-electron chi connectivity index (χ3n) is 3.61. The van der Waals surface area contributed by atoms with E-state index in [2.05, 4.69) is 14.8 Å². The summed E-state index contributed by atoms with van der Waals surface area (Å²) in [6.45, 7) is 2.30. The topological polar surface area (TPSA) is 57.0 Å². The Labute approximate surface area is 123 Å². The normalized spacial score (nSPS) is 18.2. The monoisotopic (exact) mass is 295 g/mol. The van der Waals surface area contributed by atoms with Crippen LogP contribution in [-0.4, -0.2) is 33.1 Å². The summed E-state index contributed by atoms with van der Waals surface area (Å²) >= 11 is 1.72. The maximum atomic E-state index is 11.3. The Kier molecular flexibility index (Phi) is 4.29. The summed E-state index contributed by atoms with van der Waals surface area (Å²) in [6, 6.07) is 0.633. The van der Waals surface area contributed by atoms with Crippen molar-refractivity contribution in [3.63, 3.8) is 0 Å². The van der Waals surface area contributed by atoms with E-state index in [-0.39, 0.29) is 5.97 Å². The van der Waals surface area contributed by atoms with Gasteiger partial charge in [0.2, 0.25) is 0 Å². The Morgan fingerprint density at radius 1 is 1.35 bits per heavy atom. The van der Waals surface area contributed by atoms with Gasteiger partial charge in [0.15, 0.2) is 5.16 Å². The van der Waals surface area contributed by atoms with Crippen molar-refractivity contribution in [1.29, 1.82) is 0 Å². The van der Waals surface area contributed by atoms with Gasteiger partial charge >= 0.3 is 5.97 Å². The van der Waals surface area contributed by atoms with E-state index in [0.29, 0.717) is 25.0 Å². The van der Waals surface area contributed by atoms with Crippen LogP contribution in [0.3, 0.4) is 0 Å². The van der Waals surface area contributed by atoms with Crippen LogP contribution in [0, 0.1) is 0 Å². The Morgan fingerprint density at radius 2 is 2.15 bits per heavy atom. The van der Waals surface area contributed by atoms with E-state index in [1.165, 1.54) is 31.5 Å². The van der Waals surface area contributed by atoms with Gasteiger partial charge in [0.25, 0.3) is 0 Å². The fourth-order valence-corrected chi connectivity index (χ4v) is 3.25. The van der Waals surface area contributed by atoms with Crippen LogP contribution in [-0.2, 0) is 9.53 Å². The number of hydrogen-bond donors (Lipinski definition) is 0. The molecule has 0 amide bonds. The van der Waals surface area contributed by atoms with Crippen molar-refractivity contribution in [2.45, 2.75) is 62.6 Å². The minimum Gasteiger partial charge on any atom is -0.466 e. The summed E-state index contributed by atoms with van der Waals surface area (Å²) in [5, 5.41) is 9.77. The van der Waals surface area contributed by atoms with Crippen LogP contribution >= 0.6 is 11.8 Å². The number of rotatable bonds is 8. The van der Waals surface area contributed by atoms with Crippen LogP contribution in [0.4, 0.5) is 0 Å². The van der Waals surface area contributed by atoms with Crippen LogP contribution < -0.4 is 0 Å². The first-order chi connectivity index (χ1) is 9.79. The van der Waals surface area contributed by atoms with Crippen molar-refractivity contribution < 1.29 is 9.53 Å². The molecule has 1 heterocycles. The molecule has 0 bridgehead atoms. The first kappa shape index (κ1) is 13.9. The lowest BCUT2D eigenvalue weighted by atomic mass is 10.3. The standard InChI is InChI=1S/C14H21N3O2S/c1-2-19-12(18)4-3-9-20-14-16-15-13(10-5-6-10)17(14)11-7-8-11/h10-11H,2-9H2,1H3. The number of ether oxygens (including phenoxy) is 1. The maximum absolute atomic E-state index is 11.3. The van der Waals surface area contributed by atoms with E-state index in [4.69, 9.17) is 4.74 Å². The van der Waals surface area contributed by atoms with Crippen LogP contribution in [0.25, 0.3) is 0 Å². The van der Waals surface area contributed by atoms with E-state index >= 15 is 0 Å². The third-order valence-corrected chi connectivity index (χ3v) is 4.64. The van der Waals surface area contributed by atoms with E-state index in [0.717, 1.165) is 17.3 Å². The summed E-state index contributed by atoms with van der Waals surface area (Å²) in [5.41, 5.74) is 0. The number of carbonyl (C=O) groups excluding carboxylic acids is 1. The predicted molar refractivity (Wildman–Crippen MR) is 76.9 cm³/mol. The summed E-state index contributed by atoms with van der Waals surface area (Å²) in [7, 11) is 0. The first-order valence-electron chi connectivity index (χ1n) is 7.52. The van der Waals surface area contributed by atoms with Gasteiger partial charge in [0, 0.05) is 24.1 Å². The lowest BCUT2D eigenvalue weighted by Gasteiger charge is -2.07. The minimum atomic E-state index is -0.101. The van der Waals surface area contributed by atoms with Gasteiger partial charge in [0.05, 0.1) is 6.61 Å². The van der Waals surface area contributed by atoms with Gasteiger partial charge in [-0.1, -0.05) is 11.8 Å². The second-order valence-electron chi connectivity index (χ2n) is 5.47. The zero-order chi connectivity index (χ0) is 13.9. The molecule has 0 radical (unpaired) electrons. The number of nitrogens with zero attached hydrogens (tertiary/aromatic N) is 3. The average molecular weight is 295 g/mol. The van der Waals surface area contributed by atoms with Crippen molar-refractivity contribution in [3.05, 3.63) is 5.82 Å². The molecule has 1 aromatic rings. The lowest BCUT2D eigenvalue weighted by molar-refractivity contribution is -0.143. The molecule has 2 saturated carbocycles. The molecular formula is C14H21N3O2S. The zero-order valence-corrected chi connectivity index (χ0v) is 12.7. The van der Waals surface area contributed by atoms with E-state index in [1.54, 1.807) is 11.8 Å². The van der Waals surface area contributed by atoms with Gasteiger partial charge in [-0.3, -0.25) is 4.79 Å². The van der Waals surface area contributed by atoms with Gasteiger partial charge < -0.3 is 9.30 Å². The van der Waals surface area contributed by atoms with Gasteiger partial charge in [-0.2, -0.15) is 0 Å². The van der Waals surface area contributed by atoms with Crippen molar-refractivity contribution in [2.75, 3.05) is 12.4 Å². The molecular weight excluding hydrogens is 274 g/mol. The predicted octanol–water partition coefficient (Wildman–Crippen LogP) is 2.93. The molecule has 2 aliphatic rings. The van der Waals surface area contributed by atoms with E-state index < -0.39 is 0 Å². The number of esters is 1. The molecule has 0 unspecified atom stereocenters. The van der Waals surface area contributed by atoms with Crippen LogP contribution in [0.2, 0.25) is 0 Å². The molecule has 0 atom stereocenters. The first-order valence-corrected chi connectivity index (χ1v) is 8.51. The van der Waals surface area contributed by atoms with Crippen molar-refractivity contribution in [3.8, 4) is 0 Å². The average Bonchev–Trinajstić information content (AvgIpc) is 3.34. The summed E-state index contributed by atoms with van der Waals surface area (Å²) in [4.78, 5) is 11.3. The summed E-state index contributed by atoms with van der Waals surface area (Å²) in [5.74, 6) is 2.64. The largest absolute Gasteiger partial charge is 0.466 e. The van der Waals surface area contributed by atoms with Crippen LogP contribution in [0.15, 0.2) is 5.16 Å². The van der Waals surface area contributed by atoms with Gasteiger partial charge in [-0.05, 0) is 39.0 Å².